The summed E-state index contributed by atoms with van der Waals surface area (Å²) in [4.78, 5) is 14.1. The van der Waals surface area contributed by atoms with Gasteiger partial charge >= 0.3 is 0 Å². The molecule has 1 unspecified atom stereocenters. The van der Waals surface area contributed by atoms with Gasteiger partial charge in [-0.2, -0.15) is 0 Å². The number of carbonyl (C=O) groups excluding carboxylic acids is 1. The van der Waals surface area contributed by atoms with Gasteiger partial charge in [-0.3, -0.25) is 9.00 Å². The average molecular weight is 303 g/mol. The molecule has 1 amide bonds. The fourth-order valence-electron chi connectivity index (χ4n) is 1.53. The lowest BCUT2D eigenvalue weighted by atomic mass is 10.3. The first-order valence-corrected chi connectivity index (χ1v) is 7.82. The zero-order valence-electron chi connectivity index (χ0n) is 11.0. The summed E-state index contributed by atoms with van der Waals surface area (Å²) in [5.74, 6) is 0.323. The molecule has 6 heteroatoms. The van der Waals surface area contributed by atoms with Crippen LogP contribution in [0.1, 0.15) is 12.8 Å². The number of amides is 1. The van der Waals surface area contributed by atoms with Crippen molar-refractivity contribution in [3.8, 4) is 0 Å². The molecule has 0 aliphatic rings. The number of rotatable bonds is 7. The minimum atomic E-state index is -1.17. The van der Waals surface area contributed by atoms with E-state index in [1.54, 1.807) is 36.2 Å². The molecule has 106 valence electrons. The van der Waals surface area contributed by atoms with Crippen molar-refractivity contribution in [2.45, 2.75) is 17.7 Å². The molecule has 0 aromatic heterocycles. The van der Waals surface area contributed by atoms with E-state index >= 15 is 0 Å². The Balaban J connectivity index is 2.41. The average Bonchev–Trinajstić information content (AvgIpc) is 2.42. The number of hydrogen-bond acceptors (Lipinski definition) is 3. The van der Waals surface area contributed by atoms with Crippen LogP contribution in [-0.2, 0) is 15.6 Å². The molecule has 2 N–H and O–H groups in total. The topological polar surface area (TPSA) is 63.4 Å². The van der Waals surface area contributed by atoms with E-state index in [0.717, 1.165) is 6.42 Å². The third kappa shape index (κ3) is 5.72. The van der Waals surface area contributed by atoms with E-state index in [4.69, 9.17) is 17.3 Å². The Morgan fingerprint density at radius 3 is 2.58 bits per heavy atom. The summed E-state index contributed by atoms with van der Waals surface area (Å²) in [6.45, 7) is 1.21. The molecule has 1 aromatic carbocycles. The van der Waals surface area contributed by atoms with E-state index in [1.807, 2.05) is 0 Å². The number of nitrogens with zero attached hydrogens (tertiary/aromatic N) is 1. The van der Waals surface area contributed by atoms with Gasteiger partial charge in [-0.25, -0.2) is 0 Å². The third-order valence-electron chi connectivity index (χ3n) is 2.70. The molecule has 0 fully saturated rings. The predicted molar refractivity (Wildman–Crippen MR) is 78.7 cm³/mol. The van der Waals surface area contributed by atoms with E-state index in [9.17, 15) is 9.00 Å². The SMILES string of the molecule is CN(CCCN)C(=O)CCS(=O)c1ccc(Cl)cc1. The second kappa shape index (κ2) is 8.30. The Hall–Kier alpha value is -0.910. The van der Waals surface area contributed by atoms with Crippen molar-refractivity contribution in [1.82, 2.24) is 4.90 Å². The van der Waals surface area contributed by atoms with Crippen molar-refractivity contribution in [2.24, 2.45) is 5.73 Å². The molecule has 1 aromatic rings. The van der Waals surface area contributed by atoms with Crippen LogP contribution in [0.2, 0.25) is 5.02 Å². The monoisotopic (exact) mass is 302 g/mol. The number of halogens is 1. The van der Waals surface area contributed by atoms with Gasteiger partial charge in [-0.15, -0.1) is 0 Å². The zero-order chi connectivity index (χ0) is 14.3. The lowest BCUT2D eigenvalue weighted by Crippen LogP contribution is -2.29. The fourth-order valence-corrected chi connectivity index (χ4v) is 2.69. The second-order valence-corrected chi connectivity index (χ2v) is 6.22. The van der Waals surface area contributed by atoms with Crippen LogP contribution in [0, 0.1) is 0 Å². The van der Waals surface area contributed by atoms with Gasteiger partial charge in [-0.05, 0) is 37.2 Å². The van der Waals surface area contributed by atoms with Gasteiger partial charge in [0.2, 0.25) is 5.91 Å². The van der Waals surface area contributed by atoms with Crippen molar-refractivity contribution < 1.29 is 9.00 Å². The zero-order valence-corrected chi connectivity index (χ0v) is 12.5. The Labute approximate surface area is 121 Å². The molecule has 1 rings (SSSR count). The predicted octanol–water partition coefficient (Wildman–Crippen LogP) is 1.64. The quantitative estimate of drug-likeness (QED) is 0.833. The highest BCUT2D eigenvalue weighted by molar-refractivity contribution is 7.85. The molecule has 1 atom stereocenters. The van der Waals surface area contributed by atoms with Gasteiger partial charge in [0.15, 0.2) is 0 Å². The maximum absolute atomic E-state index is 12.0. The van der Waals surface area contributed by atoms with E-state index in [2.05, 4.69) is 0 Å². The van der Waals surface area contributed by atoms with E-state index in [1.165, 1.54) is 0 Å². The Morgan fingerprint density at radius 1 is 1.37 bits per heavy atom. The summed E-state index contributed by atoms with van der Waals surface area (Å²) in [5, 5.41) is 0.610. The summed E-state index contributed by atoms with van der Waals surface area (Å²) in [5.41, 5.74) is 5.39. The van der Waals surface area contributed by atoms with Crippen molar-refractivity contribution in [3.05, 3.63) is 29.3 Å². The Morgan fingerprint density at radius 2 is 2.00 bits per heavy atom. The standard InChI is InChI=1S/C13H19ClN2O2S/c1-16(9-2-8-15)13(17)7-10-19(18)12-5-3-11(14)4-6-12/h3-6H,2,7-10,15H2,1H3. The molecule has 0 radical (unpaired) electrons. The van der Waals surface area contributed by atoms with Crippen LogP contribution in [0.5, 0.6) is 0 Å². The van der Waals surface area contributed by atoms with Gasteiger partial charge in [0.05, 0.1) is 10.8 Å². The van der Waals surface area contributed by atoms with Crippen LogP contribution in [0.4, 0.5) is 0 Å². The Kier molecular flexibility index (Phi) is 7.05. The molecule has 0 spiro atoms. The Bertz CT molecular complexity index is 437. The van der Waals surface area contributed by atoms with Gasteiger partial charge in [-0.1, -0.05) is 11.6 Å². The molecule has 0 saturated heterocycles. The van der Waals surface area contributed by atoms with Crippen LogP contribution in [0.15, 0.2) is 29.2 Å². The maximum Gasteiger partial charge on any atom is 0.223 e. The van der Waals surface area contributed by atoms with Crippen molar-refractivity contribution in [1.29, 1.82) is 0 Å². The smallest absolute Gasteiger partial charge is 0.223 e. The summed E-state index contributed by atoms with van der Waals surface area (Å²) in [6, 6.07) is 6.84. The number of hydrogen-bond donors (Lipinski definition) is 1. The molecule has 19 heavy (non-hydrogen) atoms. The normalized spacial score (nSPS) is 12.2. The van der Waals surface area contributed by atoms with E-state index in [-0.39, 0.29) is 12.3 Å². The molecule has 0 bridgehead atoms. The first-order valence-electron chi connectivity index (χ1n) is 6.12. The van der Waals surface area contributed by atoms with Gasteiger partial charge in [0.1, 0.15) is 0 Å². The first-order chi connectivity index (χ1) is 9.04. The molecule has 4 nitrogen and oxygen atoms in total. The van der Waals surface area contributed by atoms with E-state index in [0.29, 0.717) is 28.8 Å². The number of carbonyl (C=O) groups is 1. The van der Waals surface area contributed by atoms with Crippen LogP contribution in [0.25, 0.3) is 0 Å². The molecule has 0 aliphatic heterocycles. The molecule has 0 aliphatic carbocycles. The van der Waals surface area contributed by atoms with Crippen LogP contribution < -0.4 is 5.73 Å². The minimum absolute atomic E-state index is 0.00392. The summed E-state index contributed by atoms with van der Waals surface area (Å²) < 4.78 is 12.0. The summed E-state index contributed by atoms with van der Waals surface area (Å²) in [6.07, 6.45) is 1.05. The van der Waals surface area contributed by atoms with Gasteiger partial charge in [0.25, 0.3) is 0 Å². The fraction of sp³-hybridized carbons (Fsp3) is 0.462. The maximum atomic E-state index is 12.0. The summed E-state index contributed by atoms with van der Waals surface area (Å²) in [7, 11) is 0.574. The molecule has 0 saturated carbocycles. The summed E-state index contributed by atoms with van der Waals surface area (Å²) >= 11 is 5.76. The largest absolute Gasteiger partial charge is 0.346 e. The van der Waals surface area contributed by atoms with Crippen molar-refractivity contribution in [2.75, 3.05) is 25.9 Å². The highest BCUT2D eigenvalue weighted by atomic mass is 35.5. The van der Waals surface area contributed by atoms with Crippen molar-refractivity contribution in [3.63, 3.8) is 0 Å². The van der Waals surface area contributed by atoms with Crippen LogP contribution >= 0.6 is 11.6 Å². The molecular weight excluding hydrogens is 284 g/mol. The van der Waals surface area contributed by atoms with E-state index < -0.39 is 10.8 Å². The second-order valence-electron chi connectivity index (χ2n) is 4.21. The number of nitrogens with two attached hydrogens (primary N) is 1. The van der Waals surface area contributed by atoms with Gasteiger partial charge in [0, 0.05) is 35.7 Å². The minimum Gasteiger partial charge on any atom is -0.346 e. The highest BCUT2D eigenvalue weighted by Gasteiger charge is 2.11. The van der Waals surface area contributed by atoms with Crippen LogP contribution in [0.3, 0.4) is 0 Å². The third-order valence-corrected chi connectivity index (χ3v) is 4.33. The first kappa shape index (κ1) is 16.1. The van der Waals surface area contributed by atoms with Crippen molar-refractivity contribution >= 4 is 28.3 Å². The van der Waals surface area contributed by atoms with Gasteiger partial charge < -0.3 is 10.6 Å². The number of benzene rings is 1. The molecule has 0 heterocycles. The lowest BCUT2D eigenvalue weighted by molar-refractivity contribution is -0.129. The molecular formula is C13H19ClN2O2S. The van der Waals surface area contributed by atoms with Crippen LogP contribution in [-0.4, -0.2) is 40.9 Å². The lowest BCUT2D eigenvalue weighted by Gasteiger charge is -2.16. The highest BCUT2D eigenvalue weighted by Crippen LogP contribution is 2.13.